The second-order valence-corrected chi connectivity index (χ2v) is 9.16. The Morgan fingerprint density at radius 3 is 2.66 bits per heavy atom. The van der Waals surface area contributed by atoms with Crippen LogP contribution in [0.15, 0.2) is 34.9 Å². The van der Waals surface area contributed by atoms with Gasteiger partial charge in [-0.1, -0.05) is 12.8 Å². The lowest BCUT2D eigenvalue weighted by molar-refractivity contribution is -0.121. The minimum atomic E-state index is -0.284. The summed E-state index contributed by atoms with van der Waals surface area (Å²) in [4.78, 5) is 19.3. The molecule has 1 saturated heterocycles. The number of carbonyl (C=O) groups is 1. The van der Waals surface area contributed by atoms with Gasteiger partial charge in [0.25, 0.3) is 0 Å². The van der Waals surface area contributed by atoms with Crippen molar-refractivity contribution < 1.29 is 13.6 Å². The van der Waals surface area contributed by atoms with Crippen molar-refractivity contribution in [3.05, 3.63) is 42.2 Å². The lowest BCUT2D eigenvalue weighted by atomic mass is 9.94. The number of rotatable bonds is 7. The largest absolute Gasteiger partial charge is 0.441 e. The van der Waals surface area contributed by atoms with Gasteiger partial charge in [0.05, 0.1) is 6.20 Å². The summed E-state index contributed by atoms with van der Waals surface area (Å²) in [6.45, 7) is 2.99. The Labute approximate surface area is 175 Å². The van der Waals surface area contributed by atoms with Gasteiger partial charge in [0.15, 0.2) is 11.7 Å². The zero-order valence-electron chi connectivity index (χ0n) is 16.7. The van der Waals surface area contributed by atoms with Crippen molar-refractivity contribution in [1.29, 1.82) is 0 Å². The summed E-state index contributed by atoms with van der Waals surface area (Å²) in [5, 5.41) is 3.18. The molecular weight excluding hydrogens is 389 g/mol. The topological polar surface area (TPSA) is 58.4 Å². The van der Waals surface area contributed by atoms with Gasteiger partial charge in [-0.15, -0.1) is 0 Å². The predicted molar refractivity (Wildman–Crippen MR) is 113 cm³/mol. The summed E-state index contributed by atoms with van der Waals surface area (Å²) in [5.74, 6) is 3.26. The molecule has 7 heteroatoms. The average molecular weight is 418 g/mol. The van der Waals surface area contributed by atoms with Gasteiger partial charge in [-0.25, -0.2) is 9.37 Å². The van der Waals surface area contributed by atoms with E-state index in [1.165, 1.54) is 49.3 Å². The number of benzene rings is 1. The summed E-state index contributed by atoms with van der Waals surface area (Å²) in [6.07, 6.45) is 7.31. The summed E-state index contributed by atoms with van der Waals surface area (Å²) in [6, 6.07) is 6.11. The molecule has 2 aromatic rings. The number of amides is 1. The quantitative estimate of drug-likeness (QED) is 0.741. The van der Waals surface area contributed by atoms with E-state index in [1.54, 1.807) is 18.3 Å². The summed E-state index contributed by atoms with van der Waals surface area (Å²) in [7, 11) is 0. The Morgan fingerprint density at radius 1 is 1.21 bits per heavy atom. The number of hydrogen-bond acceptors (Lipinski definition) is 5. The molecule has 1 aliphatic carbocycles. The monoisotopic (exact) mass is 417 g/mol. The predicted octanol–water partition coefficient (Wildman–Crippen LogP) is 3.89. The van der Waals surface area contributed by atoms with Crippen LogP contribution in [0.2, 0.25) is 0 Å². The van der Waals surface area contributed by atoms with E-state index in [0.29, 0.717) is 24.5 Å². The van der Waals surface area contributed by atoms with Crippen molar-refractivity contribution in [2.75, 3.05) is 31.1 Å². The van der Waals surface area contributed by atoms with Gasteiger partial charge < -0.3 is 9.73 Å². The smallest absolute Gasteiger partial charge is 0.220 e. The van der Waals surface area contributed by atoms with E-state index >= 15 is 0 Å². The molecule has 1 aromatic heterocycles. The van der Waals surface area contributed by atoms with Crippen LogP contribution in [0.3, 0.4) is 0 Å². The van der Waals surface area contributed by atoms with Gasteiger partial charge in [0.2, 0.25) is 5.91 Å². The first-order valence-corrected chi connectivity index (χ1v) is 11.6. The standard InChI is InChI=1S/C22H28FN3O2S/c23-18-5-3-17(4-6-18)19-15-24-21(28-19)8-7-20(27)25-16-22(9-1-2-10-22)26-11-13-29-14-12-26/h3-6,15H,1-2,7-14,16H2,(H,25,27). The molecule has 0 unspecified atom stereocenters. The SMILES string of the molecule is O=C(CCc1ncc(-c2ccc(F)cc2)o1)NCC1(N2CCSCC2)CCCC1. The maximum atomic E-state index is 13.1. The first-order valence-electron chi connectivity index (χ1n) is 10.4. The van der Waals surface area contributed by atoms with Gasteiger partial charge in [0, 0.05) is 55.1 Å². The molecule has 1 saturated carbocycles. The molecule has 1 aromatic carbocycles. The number of carbonyl (C=O) groups excluding carboxylic acids is 1. The fraction of sp³-hybridized carbons (Fsp3) is 0.545. The Kier molecular flexibility index (Phi) is 6.55. The normalized spacial score (nSPS) is 19.3. The lowest BCUT2D eigenvalue weighted by Gasteiger charge is -2.43. The number of thioether (sulfide) groups is 1. The third-order valence-corrected chi connectivity index (χ3v) is 7.02. The molecule has 5 nitrogen and oxygen atoms in total. The van der Waals surface area contributed by atoms with Crippen LogP contribution < -0.4 is 5.32 Å². The van der Waals surface area contributed by atoms with E-state index in [0.717, 1.165) is 25.2 Å². The van der Waals surface area contributed by atoms with E-state index in [2.05, 4.69) is 15.2 Å². The molecule has 2 aliphatic rings. The van der Waals surface area contributed by atoms with Crippen LogP contribution in [0.1, 0.15) is 38.0 Å². The number of nitrogens with one attached hydrogen (secondary N) is 1. The summed E-state index contributed by atoms with van der Waals surface area (Å²) >= 11 is 2.02. The second kappa shape index (κ2) is 9.30. The molecule has 29 heavy (non-hydrogen) atoms. The molecule has 1 aliphatic heterocycles. The van der Waals surface area contributed by atoms with Gasteiger partial charge >= 0.3 is 0 Å². The highest BCUT2D eigenvalue weighted by atomic mass is 32.2. The van der Waals surface area contributed by atoms with Crippen molar-refractivity contribution in [3.8, 4) is 11.3 Å². The number of aromatic nitrogens is 1. The third kappa shape index (κ3) is 5.01. The first-order chi connectivity index (χ1) is 14.1. The molecule has 4 rings (SSSR count). The minimum Gasteiger partial charge on any atom is -0.441 e. The van der Waals surface area contributed by atoms with Crippen molar-refractivity contribution in [2.24, 2.45) is 0 Å². The van der Waals surface area contributed by atoms with Crippen LogP contribution in [-0.4, -0.2) is 52.5 Å². The van der Waals surface area contributed by atoms with E-state index in [1.807, 2.05) is 11.8 Å². The average Bonchev–Trinajstić information content (AvgIpc) is 3.43. The molecule has 156 valence electrons. The van der Waals surface area contributed by atoms with Crippen LogP contribution in [0.25, 0.3) is 11.3 Å². The second-order valence-electron chi connectivity index (χ2n) is 7.93. The fourth-order valence-electron chi connectivity index (χ4n) is 4.42. The molecule has 1 N–H and O–H groups in total. The Balaban J connectivity index is 1.28. The molecule has 2 fully saturated rings. The van der Waals surface area contributed by atoms with Gasteiger partial charge in [0.1, 0.15) is 5.82 Å². The molecule has 2 heterocycles. The van der Waals surface area contributed by atoms with E-state index < -0.39 is 0 Å². The van der Waals surface area contributed by atoms with Crippen LogP contribution >= 0.6 is 11.8 Å². The fourth-order valence-corrected chi connectivity index (χ4v) is 5.32. The van der Waals surface area contributed by atoms with Gasteiger partial charge in [-0.2, -0.15) is 11.8 Å². The number of halogens is 1. The Bertz CT molecular complexity index is 812. The van der Waals surface area contributed by atoms with E-state index in [4.69, 9.17) is 4.42 Å². The number of nitrogens with zero attached hydrogens (tertiary/aromatic N) is 2. The molecular formula is C22H28FN3O2S. The number of aryl methyl sites for hydroxylation is 1. The van der Waals surface area contributed by atoms with Crippen molar-refractivity contribution >= 4 is 17.7 Å². The van der Waals surface area contributed by atoms with E-state index in [9.17, 15) is 9.18 Å². The van der Waals surface area contributed by atoms with Gasteiger partial charge in [-0.05, 0) is 37.1 Å². The lowest BCUT2D eigenvalue weighted by Crippen LogP contribution is -2.56. The Hall–Kier alpha value is -1.86. The first kappa shape index (κ1) is 20.4. The number of hydrogen-bond donors (Lipinski definition) is 1. The minimum absolute atomic E-state index is 0.0455. The van der Waals surface area contributed by atoms with Crippen molar-refractivity contribution in [3.63, 3.8) is 0 Å². The zero-order chi connectivity index (χ0) is 20.1. The molecule has 0 atom stereocenters. The van der Waals surface area contributed by atoms with E-state index in [-0.39, 0.29) is 17.3 Å². The highest BCUT2D eigenvalue weighted by Crippen LogP contribution is 2.36. The maximum absolute atomic E-state index is 13.1. The molecule has 0 bridgehead atoms. The van der Waals surface area contributed by atoms with Crippen molar-refractivity contribution in [1.82, 2.24) is 15.2 Å². The molecule has 0 spiro atoms. The zero-order valence-corrected chi connectivity index (χ0v) is 17.5. The molecule has 1 amide bonds. The summed E-state index contributed by atoms with van der Waals surface area (Å²) < 4.78 is 18.8. The molecule has 0 radical (unpaired) electrons. The van der Waals surface area contributed by atoms with Crippen LogP contribution in [0.5, 0.6) is 0 Å². The Morgan fingerprint density at radius 2 is 1.93 bits per heavy atom. The van der Waals surface area contributed by atoms with Crippen LogP contribution in [0, 0.1) is 5.82 Å². The highest BCUT2D eigenvalue weighted by Gasteiger charge is 2.40. The van der Waals surface area contributed by atoms with Crippen LogP contribution in [-0.2, 0) is 11.2 Å². The number of oxazole rings is 1. The maximum Gasteiger partial charge on any atom is 0.220 e. The highest BCUT2D eigenvalue weighted by molar-refractivity contribution is 7.99. The van der Waals surface area contributed by atoms with Crippen molar-refractivity contribution in [2.45, 2.75) is 44.1 Å². The van der Waals surface area contributed by atoms with Crippen LogP contribution in [0.4, 0.5) is 4.39 Å². The van der Waals surface area contributed by atoms with Gasteiger partial charge in [-0.3, -0.25) is 9.69 Å². The third-order valence-electron chi connectivity index (χ3n) is 6.08. The summed E-state index contributed by atoms with van der Waals surface area (Å²) in [5.41, 5.74) is 0.924.